The van der Waals surface area contributed by atoms with Crippen LogP contribution in [0.25, 0.3) is 0 Å². The molecule has 0 saturated carbocycles. The highest BCUT2D eigenvalue weighted by Gasteiger charge is 2.06. The van der Waals surface area contributed by atoms with Crippen molar-refractivity contribution < 1.29 is 0 Å². The Bertz CT molecular complexity index is 328. The van der Waals surface area contributed by atoms with E-state index in [1.807, 2.05) is 24.4 Å². The van der Waals surface area contributed by atoms with E-state index in [2.05, 4.69) is 38.4 Å². The van der Waals surface area contributed by atoms with Crippen LogP contribution in [0.1, 0.15) is 11.6 Å². The van der Waals surface area contributed by atoms with Gasteiger partial charge in [-0.05, 0) is 23.8 Å². The molecule has 1 aromatic rings. The molecule has 2 nitrogen and oxygen atoms in total. The number of hydrogen-bond donors (Lipinski definition) is 1. The lowest BCUT2D eigenvalue weighted by Gasteiger charge is -2.11. The zero-order chi connectivity index (χ0) is 9.10. The molecule has 0 unspecified atom stereocenters. The van der Waals surface area contributed by atoms with Crippen molar-refractivity contribution in [1.29, 1.82) is 0 Å². The number of nitrogens with one attached hydrogen (secondary N) is 1. The third-order valence-electron chi connectivity index (χ3n) is 1.90. The average molecular weight is 237 g/mol. The van der Waals surface area contributed by atoms with Crippen molar-refractivity contribution in [3.05, 3.63) is 46.6 Å². The first-order chi connectivity index (χ1) is 6.36. The minimum absolute atomic E-state index is 0.161. The summed E-state index contributed by atoms with van der Waals surface area (Å²) in [7, 11) is 0. The van der Waals surface area contributed by atoms with Crippen molar-refractivity contribution in [2.24, 2.45) is 4.99 Å². The van der Waals surface area contributed by atoms with Gasteiger partial charge < -0.3 is 5.32 Å². The second-order valence-corrected chi connectivity index (χ2v) is 3.72. The van der Waals surface area contributed by atoms with Crippen molar-refractivity contribution in [3.63, 3.8) is 0 Å². The van der Waals surface area contributed by atoms with E-state index in [-0.39, 0.29) is 6.04 Å². The molecule has 0 amide bonds. The Morgan fingerprint density at radius 3 is 2.62 bits per heavy atom. The fourth-order valence-corrected chi connectivity index (χ4v) is 1.48. The summed E-state index contributed by atoms with van der Waals surface area (Å²) in [5.74, 6) is 0. The van der Waals surface area contributed by atoms with Gasteiger partial charge in [0.05, 0.1) is 12.4 Å². The lowest BCUT2D eigenvalue weighted by atomic mass is 10.1. The summed E-state index contributed by atoms with van der Waals surface area (Å²) in [5.41, 5.74) is 1.21. The van der Waals surface area contributed by atoms with Crippen LogP contribution in [0.4, 0.5) is 0 Å². The van der Waals surface area contributed by atoms with Crippen LogP contribution in [-0.2, 0) is 0 Å². The molecule has 0 radical (unpaired) electrons. The summed E-state index contributed by atoms with van der Waals surface area (Å²) >= 11 is 3.40. The van der Waals surface area contributed by atoms with Gasteiger partial charge in [-0.15, -0.1) is 0 Å². The molecule has 0 aliphatic carbocycles. The third-order valence-corrected chi connectivity index (χ3v) is 2.42. The normalized spacial score (nSPS) is 19.9. The van der Waals surface area contributed by atoms with Gasteiger partial charge >= 0.3 is 0 Å². The topological polar surface area (TPSA) is 24.4 Å². The van der Waals surface area contributed by atoms with E-state index in [0.717, 1.165) is 4.47 Å². The molecule has 66 valence electrons. The minimum Gasteiger partial charge on any atom is -0.353 e. The summed E-state index contributed by atoms with van der Waals surface area (Å²) in [6.45, 7) is 0. The van der Waals surface area contributed by atoms with E-state index >= 15 is 0 Å². The highest BCUT2D eigenvalue weighted by molar-refractivity contribution is 9.10. The second kappa shape index (κ2) is 3.75. The number of nitrogens with zero attached hydrogens (tertiary/aromatic N) is 1. The number of halogens is 1. The maximum Gasteiger partial charge on any atom is 0.0964 e. The van der Waals surface area contributed by atoms with Crippen LogP contribution in [0.15, 0.2) is 46.0 Å². The maximum absolute atomic E-state index is 4.29. The molecule has 0 fully saturated rings. The van der Waals surface area contributed by atoms with Crippen molar-refractivity contribution >= 4 is 22.3 Å². The zero-order valence-corrected chi connectivity index (χ0v) is 8.53. The van der Waals surface area contributed by atoms with Gasteiger partial charge in [0.1, 0.15) is 0 Å². The molecule has 13 heavy (non-hydrogen) atoms. The van der Waals surface area contributed by atoms with Gasteiger partial charge in [-0.1, -0.05) is 28.1 Å². The molecular formula is C10H9BrN2. The predicted octanol–water partition coefficient (Wildman–Crippen LogP) is 2.64. The Kier molecular flexibility index (Phi) is 2.45. The smallest absolute Gasteiger partial charge is 0.0964 e. The van der Waals surface area contributed by atoms with Gasteiger partial charge in [-0.25, -0.2) is 0 Å². The van der Waals surface area contributed by atoms with Gasteiger partial charge in [0.2, 0.25) is 0 Å². The van der Waals surface area contributed by atoms with E-state index in [1.165, 1.54) is 5.56 Å². The monoisotopic (exact) mass is 236 g/mol. The summed E-state index contributed by atoms with van der Waals surface area (Å²) in [6, 6.07) is 8.36. The first-order valence-corrected chi connectivity index (χ1v) is 4.85. The molecule has 1 N–H and O–H groups in total. The van der Waals surface area contributed by atoms with E-state index in [1.54, 1.807) is 6.34 Å². The molecule has 3 heteroatoms. The van der Waals surface area contributed by atoms with E-state index in [0.29, 0.717) is 0 Å². The largest absolute Gasteiger partial charge is 0.353 e. The van der Waals surface area contributed by atoms with Crippen molar-refractivity contribution in [2.45, 2.75) is 6.04 Å². The van der Waals surface area contributed by atoms with Gasteiger partial charge in [0, 0.05) is 10.7 Å². The fraction of sp³-hybridized carbons (Fsp3) is 0.100. The third kappa shape index (κ3) is 1.98. The first-order valence-electron chi connectivity index (χ1n) is 4.06. The van der Waals surface area contributed by atoms with Gasteiger partial charge in [-0.3, -0.25) is 4.99 Å². The second-order valence-electron chi connectivity index (χ2n) is 2.80. The molecule has 0 aromatic heterocycles. The molecule has 1 aliphatic rings. The lowest BCUT2D eigenvalue weighted by molar-refractivity contribution is 0.884. The number of aliphatic imine (C=N–C) groups is 1. The van der Waals surface area contributed by atoms with Gasteiger partial charge in [0.15, 0.2) is 0 Å². The predicted molar refractivity (Wildman–Crippen MR) is 57.7 cm³/mol. The molecule has 1 heterocycles. The van der Waals surface area contributed by atoms with Crippen molar-refractivity contribution in [3.8, 4) is 0 Å². The Hall–Kier alpha value is -1.09. The number of rotatable bonds is 1. The summed E-state index contributed by atoms with van der Waals surface area (Å²) < 4.78 is 1.10. The molecule has 1 aromatic carbocycles. The van der Waals surface area contributed by atoms with E-state index in [9.17, 15) is 0 Å². The van der Waals surface area contributed by atoms with Crippen LogP contribution in [0.3, 0.4) is 0 Å². The number of benzene rings is 1. The van der Waals surface area contributed by atoms with Crippen molar-refractivity contribution in [2.75, 3.05) is 0 Å². The minimum atomic E-state index is 0.161. The molecular weight excluding hydrogens is 228 g/mol. The van der Waals surface area contributed by atoms with Crippen LogP contribution >= 0.6 is 15.9 Å². The van der Waals surface area contributed by atoms with Crippen LogP contribution in [0.2, 0.25) is 0 Å². The summed E-state index contributed by atoms with van der Waals surface area (Å²) in [6.07, 6.45) is 5.65. The quantitative estimate of drug-likeness (QED) is 0.797. The molecule has 0 spiro atoms. The fourth-order valence-electron chi connectivity index (χ4n) is 1.22. The van der Waals surface area contributed by atoms with Gasteiger partial charge in [-0.2, -0.15) is 0 Å². The van der Waals surface area contributed by atoms with Crippen LogP contribution in [-0.4, -0.2) is 6.34 Å². The van der Waals surface area contributed by atoms with Crippen LogP contribution in [0.5, 0.6) is 0 Å². The van der Waals surface area contributed by atoms with Gasteiger partial charge in [0.25, 0.3) is 0 Å². The van der Waals surface area contributed by atoms with E-state index in [4.69, 9.17) is 0 Å². The van der Waals surface area contributed by atoms with Crippen molar-refractivity contribution in [1.82, 2.24) is 5.32 Å². The van der Waals surface area contributed by atoms with E-state index < -0.39 is 0 Å². The Morgan fingerprint density at radius 1 is 1.23 bits per heavy atom. The molecule has 1 aliphatic heterocycles. The standard InChI is InChI=1S/C10H9BrN2/c11-9-3-1-8(2-4-9)10-5-6-12-7-13-10/h1-7,10H,(H,12,13)/t10-/m0/s1. The molecule has 1 atom stereocenters. The van der Waals surface area contributed by atoms with Crippen LogP contribution < -0.4 is 5.32 Å². The molecule has 0 saturated heterocycles. The SMILES string of the molecule is Brc1ccc([C@@H]2C=CNC=N2)cc1. The lowest BCUT2D eigenvalue weighted by Crippen LogP contribution is -2.08. The Morgan fingerprint density at radius 2 is 2.00 bits per heavy atom. The Labute approximate surface area is 85.5 Å². The summed E-state index contributed by atoms with van der Waals surface area (Å²) in [4.78, 5) is 4.29. The maximum atomic E-state index is 4.29. The molecule has 0 bridgehead atoms. The highest BCUT2D eigenvalue weighted by atomic mass is 79.9. The number of hydrogen-bond acceptors (Lipinski definition) is 2. The summed E-state index contributed by atoms with van der Waals surface area (Å²) in [5, 5.41) is 2.91. The Balaban J connectivity index is 2.25. The highest BCUT2D eigenvalue weighted by Crippen LogP contribution is 2.21. The first kappa shape index (κ1) is 8.51. The molecule has 2 rings (SSSR count). The average Bonchev–Trinajstić information content (AvgIpc) is 2.20. The zero-order valence-electron chi connectivity index (χ0n) is 6.94. The van der Waals surface area contributed by atoms with Crippen LogP contribution in [0, 0.1) is 0 Å².